The molecular weight excluding hydrogens is 370 g/mol. The Morgan fingerprint density at radius 1 is 1.31 bits per heavy atom. The number of nitrogens with zero attached hydrogens (tertiary/aromatic N) is 1. The molecule has 1 saturated carbocycles. The van der Waals surface area contributed by atoms with Crippen molar-refractivity contribution >= 4 is 34.7 Å². The molecule has 1 fully saturated rings. The molecule has 1 amide bonds. The van der Waals surface area contributed by atoms with E-state index in [2.05, 4.69) is 10.3 Å². The fourth-order valence-corrected chi connectivity index (χ4v) is 4.18. The van der Waals surface area contributed by atoms with Gasteiger partial charge in [0.2, 0.25) is 0 Å². The summed E-state index contributed by atoms with van der Waals surface area (Å²) in [6.07, 6.45) is 5.10. The minimum absolute atomic E-state index is 0.0539. The largest absolute Gasteiger partial charge is 0.443 e. The maximum Gasteiger partial charge on any atom is 0.407 e. The van der Waals surface area contributed by atoms with Crippen LogP contribution in [0.5, 0.6) is 0 Å². The summed E-state index contributed by atoms with van der Waals surface area (Å²) in [5.74, 6) is 0. The first-order valence-corrected chi connectivity index (χ1v) is 9.97. The number of aryl methyl sites for hydroxylation is 1. The summed E-state index contributed by atoms with van der Waals surface area (Å²) in [5.41, 5.74) is 1.98. The molecule has 138 valence electrons. The number of amides is 1. The predicted molar refractivity (Wildman–Crippen MR) is 105 cm³/mol. The van der Waals surface area contributed by atoms with Crippen LogP contribution in [0, 0.1) is 12.3 Å². The topological polar surface area (TPSA) is 75.1 Å². The van der Waals surface area contributed by atoms with Gasteiger partial charge in [0.15, 0.2) is 0 Å². The average Bonchev–Trinajstić information content (AvgIpc) is 3.03. The summed E-state index contributed by atoms with van der Waals surface area (Å²) in [6.45, 7) is 1.81. The second kappa shape index (κ2) is 8.64. The predicted octanol–water partition coefficient (Wildman–Crippen LogP) is 5.20. The van der Waals surface area contributed by atoms with E-state index < -0.39 is 6.09 Å². The molecule has 0 saturated heterocycles. The van der Waals surface area contributed by atoms with Crippen LogP contribution in [0.4, 0.5) is 4.79 Å². The van der Waals surface area contributed by atoms with Crippen molar-refractivity contribution < 1.29 is 9.53 Å². The summed E-state index contributed by atoms with van der Waals surface area (Å²) < 4.78 is 5.23. The number of alkyl carbamates (subject to hydrolysis) is 1. The molecule has 0 aliphatic heterocycles. The highest BCUT2D eigenvalue weighted by atomic mass is 35.5. The summed E-state index contributed by atoms with van der Waals surface area (Å²) in [4.78, 5) is 17.2. The highest BCUT2D eigenvalue weighted by molar-refractivity contribution is 7.17. The van der Waals surface area contributed by atoms with Crippen molar-refractivity contribution in [2.45, 2.75) is 45.1 Å². The number of hydrogen-bond acceptors (Lipinski definition) is 5. The van der Waals surface area contributed by atoms with Crippen LogP contribution in [0.3, 0.4) is 0 Å². The third-order valence-corrected chi connectivity index (χ3v) is 5.95. The van der Waals surface area contributed by atoms with Crippen molar-refractivity contribution in [1.82, 2.24) is 10.3 Å². The van der Waals surface area contributed by atoms with Gasteiger partial charge < -0.3 is 15.5 Å². The van der Waals surface area contributed by atoms with Gasteiger partial charge in [-0.25, -0.2) is 9.78 Å². The molecule has 0 atom stereocenters. The van der Waals surface area contributed by atoms with Crippen LogP contribution in [0.25, 0.3) is 10.6 Å². The van der Waals surface area contributed by atoms with Gasteiger partial charge in [0.1, 0.15) is 11.6 Å². The lowest BCUT2D eigenvalue weighted by Gasteiger charge is -2.22. The van der Waals surface area contributed by atoms with Crippen LogP contribution < -0.4 is 5.32 Å². The summed E-state index contributed by atoms with van der Waals surface area (Å²) in [7, 11) is 0. The standard InChI is InChI=1S/C19H22ClN3O2S/c1-12-17(26-18(22-12)13-7-9-14(20)10-8-13)16(21)11-25-19(24)23-15-5-3-2-4-6-15/h7-10,15,21H,2-6,11H2,1H3,(H,23,24). The first kappa shape index (κ1) is 18.9. The van der Waals surface area contributed by atoms with Gasteiger partial charge in [0.05, 0.1) is 16.3 Å². The molecule has 1 heterocycles. The number of nitrogens with one attached hydrogen (secondary N) is 2. The average molecular weight is 392 g/mol. The van der Waals surface area contributed by atoms with Gasteiger partial charge in [0.25, 0.3) is 0 Å². The quantitative estimate of drug-likeness (QED) is 0.688. The SMILES string of the molecule is Cc1nc(-c2ccc(Cl)cc2)sc1C(=N)COC(=O)NC1CCCCC1. The van der Waals surface area contributed by atoms with E-state index in [-0.39, 0.29) is 18.4 Å². The Morgan fingerprint density at radius 2 is 2.00 bits per heavy atom. The zero-order valence-corrected chi connectivity index (χ0v) is 16.3. The summed E-state index contributed by atoms with van der Waals surface area (Å²) >= 11 is 7.34. The van der Waals surface area contributed by atoms with Gasteiger partial charge in [-0.1, -0.05) is 43.0 Å². The van der Waals surface area contributed by atoms with E-state index in [0.717, 1.165) is 46.8 Å². The zero-order chi connectivity index (χ0) is 18.5. The van der Waals surface area contributed by atoms with Gasteiger partial charge in [-0.15, -0.1) is 11.3 Å². The highest BCUT2D eigenvalue weighted by Crippen LogP contribution is 2.29. The molecule has 1 aliphatic carbocycles. The van der Waals surface area contributed by atoms with Gasteiger partial charge in [-0.05, 0) is 31.9 Å². The third kappa shape index (κ3) is 4.83. The van der Waals surface area contributed by atoms with Crippen molar-refractivity contribution in [2.75, 3.05) is 6.61 Å². The van der Waals surface area contributed by atoms with E-state index in [0.29, 0.717) is 5.02 Å². The van der Waals surface area contributed by atoms with Gasteiger partial charge in [0, 0.05) is 16.6 Å². The van der Waals surface area contributed by atoms with Gasteiger partial charge >= 0.3 is 6.09 Å². The normalized spacial score (nSPS) is 14.8. The van der Waals surface area contributed by atoms with Crippen molar-refractivity contribution in [3.8, 4) is 10.6 Å². The van der Waals surface area contributed by atoms with Crippen LogP contribution in [-0.2, 0) is 4.74 Å². The lowest BCUT2D eigenvalue weighted by Crippen LogP contribution is -2.37. The molecule has 2 aromatic rings. The number of ether oxygens (including phenoxy) is 1. The van der Waals surface area contributed by atoms with Crippen molar-refractivity contribution in [1.29, 1.82) is 5.41 Å². The number of rotatable bonds is 5. The summed E-state index contributed by atoms with van der Waals surface area (Å²) in [5, 5.41) is 12.6. The number of benzene rings is 1. The summed E-state index contributed by atoms with van der Waals surface area (Å²) in [6, 6.07) is 7.64. The molecule has 2 N–H and O–H groups in total. The Balaban J connectivity index is 1.57. The first-order chi connectivity index (χ1) is 12.5. The molecule has 0 bridgehead atoms. The fourth-order valence-electron chi connectivity index (χ4n) is 3.05. The lowest BCUT2D eigenvalue weighted by molar-refractivity contribution is 0.154. The second-order valence-electron chi connectivity index (χ2n) is 6.47. The Kier molecular flexibility index (Phi) is 6.27. The molecule has 26 heavy (non-hydrogen) atoms. The Morgan fingerprint density at radius 3 is 2.69 bits per heavy atom. The maximum atomic E-state index is 11.9. The molecule has 1 aromatic heterocycles. The minimum Gasteiger partial charge on any atom is -0.443 e. The molecule has 5 nitrogen and oxygen atoms in total. The number of thiazole rings is 1. The van der Waals surface area contributed by atoms with E-state index in [1.165, 1.54) is 17.8 Å². The maximum absolute atomic E-state index is 11.9. The van der Waals surface area contributed by atoms with E-state index in [4.69, 9.17) is 21.7 Å². The Hall–Kier alpha value is -1.92. The van der Waals surface area contributed by atoms with E-state index >= 15 is 0 Å². The molecule has 3 rings (SSSR count). The minimum atomic E-state index is -0.443. The molecule has 0 unspecified atom stereocenters. The number of hydrogen-bond donors (Lipinski definition) is 2. The third-order valence-electron chi connectivity index (χ3n) is 4.44. The number of halogens is 1. The Labute approximate surface area is 162 Å². The molecule has 1 aromatic carbocycles. The monoisotopic (exact) mass is 391 g/mol. The number of carbonyl (C=O) groups is 1. The zero-order valence-electron chi connectivity index (χ0n) is 14.7. The van der Waals surface area contributed by atoms with Crippen molar-refractivity contribution in [3.63, 3.8) is 0 Å². The lowest BCUT2D eigenvalue weighted by atomic mass is 9.96. The van der Waals surface area contributed by atoms with Crippen molar-refractivity contribution in [3.05, 3.63) is 39.9 Å². The molecule has 1 aliphatic rings. The fraction of sp³-hybridized carbons (Fsp3) is 0.421. The smallest absolute Gasteiger partial charge is 0.407 e. The Bertz CT molecular complexity index is 783. The van der Waals surface area contributed by atoms with Gasteiger partial charge in [-0.2, -0.15) is 0 Å². The van der Waals surface area contributed by atoms with Crippen LogP contribution in [-0.4, -0.2) is 29.4 Å². The van der Waals surface area contributed by atoms with E-state index in [1.54, 1.807) is 0 Å². The van der Waals surface area contributed by atoms with Crippen LogP contribution in [0.2, 0.25) is 5.02 Å². The van der Waals surface area contributed by atoms with E-state index in [9.17, 15) is 4.79 Å². The second-order valence-corrected chi connectivity index (χ2v) is 7.91. The van der Waals surface area contributed by atoms with Crippen molar-refractivity contribution in [2.24, 2.45) is 0 Å². The molecule has 7 heteroatoms. The molecular formula is C19H22ClN3O2S. The van der Waals surface area contributed by atoms with E-state index in [1.807, 2.05) is 31.2 Å². The highest BCUT2D eigenvalue weighted by Gasteiger charge is 2.18. The number of aromatic nitrogens is 1. The number of carbonyl (C=O) groups excluding carboxylic acids is 1. The van der Waals surface area contributed by atoms with Crippen LogP contribution in [0.15, 0.2) is 24.3 Å². The first-order valence-electron chi connectivity index (χ1n) is 8.77. The molecule has 0 spiro atoms. The van der Waals surface area contributed by atoms with Crippen LogP contribution in [0.1, 0.15) is 42.7 Å². The molecule has 0 radical (unpaired) electrons. The van der Waals surface area contributed by atoms with Crippen LogP contribution >= 0.6 is 22.9 Å². The van der Waals surface area contributed by atoms with Gasteiger partial charge in [-0.3, -0.25) is 0 Å².